The molecule has 0 saturated carbocycles. The lowest BCUT2D eigenvalue weighted by atomic mass is 10.0. The molecule has 0 radical (unpaired) electrons. The quantitative estimate of drug-likeness (QED) is 0.324. The number of nitrogens with two attached hydrogens (primary N) is 1. The highest BCUT2D eigenvalue weighted by molar-refractivity contribution is 6.07. The molecule has 3 aromatic rings. The predicted octanol–water partition coefficient (Wildman–Crippen LogP) is 5.58. The number of nitrogen functional groups attached to an aromatic ring is 1. The summed E-state index contributed by atoms with van der Waals surface area (Å²) < 4.78 is 0. The van der Waals surface area contributed by atoms with Crippen LogP contribution >= 0.6 is 0 Å². The van der Waals surface area contributed by atoms with Crippen LogP contribution in [0.3, 0.4) is 0 Å². The van der Waals surface area contributed by atoms with E-state index in [2.05, 4.69) is 19.2 Å². The Morgan fingerprint density at radius 1 is 0.967 bits per heavy atom. The summed E-state index contributed by atoms with van der Waals surface area (Å²) in [5.41, 5.74) is 9.78. The van der Waals surface area contributed by atoms with Crippen molar-refractivity contribution in [3.8, 4) is 6.07 Å². The lowest BCUT2D eigenvalue weighted by Gasteiger charge is -2.21. The molecule has 0 fully saturated rings. The predicted molar refractivity (Wildman–Crippen MR) is 122 cm³/mol. The van der Waals surface area contributed by atoms with Gasteiger partial charge in [0.25, 0.3) is 5.91 Å². The van der Waals surface area contributed by atoms with Crippen LogP contribution in [0.1, 0.15) is 25.3 Å². The van der Waals surface area contributed by atoms with Gasteiger partial charge >= 0.3 is 0 Å². The lowest BCUT2D eigenvalue weighted by Crippen LogP contribution is -2.18. The average molecular weight is 396 g/mol. The van der Waals surface area contributed by atoms with Crippen LogP contribution < -0.4 is 16.0 Å². The molecule has 0 aliphatic carbocycles. The second-order valence-corrected chi connectivity index (χ2v) is 7.15. The van der Waals surface area contributed by atoms with Gasteiger partial charge in [0.05, 0.1) is 0 Å². The van der Waals surface area contributed by atoms with Gasteiger partial charge in [-0.05, 0) is 53.9 Å². The Morgan fingerprint density at radius 2 is 1.57 bits per heavy atom. The number of nitriles is 1. The van der Waals surface area contributed by atoms with Crippen molar-refractivity contribution < 1.29 is 4.79 Å². The van der Waals surface area contributed by atoms with Gasteiger partial charge in [-0.25, -0.2) is 0 Å². The first-order valence-corrected chi connectivity index (χ1v) is 9.71. The molecule has 0 spiro atoms. The van der Waals surface area contributed by atoms with Crippen molar-refractivity contribution in [2.24, 2.45) is 0 Å². The van der Waals surface area contributed by atoms with Crippen molar-refractivity contribution in [1.29, 1.82) is 5.26 Å². The first kappa shape index (κ1) is 20.7. The Morgan fingerprint density at radius 3 is 2.20 bits per heavy atom. The minimum atomic E-state index is -0.457. The molecule has 0 unspecified atom stereocenters. The molecule has 0 aliphatic heterocycles. The summed E-state index contributed by atoms with van der Waals surface area (Å²) in [6, 6.07) is 26.4. The smallest absolute Gasteiger partial charge is 0.267 e. The zero-order valence-electron chi connectivity index (χ0n) is 17.0. The lowest BCUT2D eigenvalue weighted by molar-refractivity contribution is -0.112. The number of amides is 1. The molecule has 0 atom stereocenters. The van der Waals surface area contributed by atoms with E-state index in [4.69, 9.17) is 5.73 Å². The number of hydrogen-bond acceptors (Lipinski definition) is 4. The van der Waals surface area contributed by atoms with Gasteiger partial charge in [0, 0.05) is 28.9 Å². The van der Waals surface area contributed by atoms with E-state index in [-0.39, 0.29) is 11.5 Å². The Balaban J connectivity index is 1.97. The van der Waals surface area contributed by atoms with Gasteiger partial charge in [-0.15, -0.1) is 0 Å². The zero-order chi connectivity index (χ0) is 21.5. The van der Waals surface area contributed by atoms with Crippen LogP contribution in [-0.4, -0.2) is 5.91 Å². The summed E-state index contributed by atoms with van der Waals surface area (Å²) in [6.07, 6.45) is 1.55. The molecule has 0 aromatic heterocycles. The number of carbonyl (C=O) groups is 1. The van der Waals surface area contributed by atoms with Gasteiger partial charge in [-0.2, -0.15) is 5.26 Å². The van der Waals surface area contributed by atoms with Gasteiger partial charge in [-0.1, -0.05) is 50.2 Å². The first-order chi connectivity index (χ1) is 14.5. The highest BCUT2D eigenvalue weighted by Crippen LogP contribution is 2.28. The molecular weight excluding hydrogens is 372 g/mol. The standard InChI is InChI=1S/C25H24N4O/c1-18(2)23-10-6-7-11-24(23)28-25(30)19(16-26)17-29(21-8-4-3-5-9-21)22-14-12-20(27)13-15-22/h3-15,17-18H,27H2,1-2H3,(H,28,30)/b19-17-. The maximum atomic E-state index is 12.9. The largest absolute Gasteiger partial charge is 0.399 e. The summed E-state index contributed by atoms with van der Waals surface area (Å²) >= 11 is 0. The van der Waals surface area contributed by atoms with Gasteiger partial charge in [0.15, 0.2) is 0 Å². The molecule has 3 rings (SSSR count). The zero-order valence-corrected chi connectivity index (χ0v) is 17.0. The third-order valence-corrected chi connectivity index (χ3v) is 4.66. The minimum Gasteiger partial charge on any atom is -0.399 e. The van der Waals surface area contributed by atoms with Crippen molar-refractivity contribution in [2.45, 2.75) is 19.8 Å². The number of anilines is 4. The van der Waals surface area contributed by atoms with Crippen molar-refractivity contribution in [3.63, 3.8) is 0 Å². The number of nitrogens with one attached hydrogen (secondary N) is 1. The van der Waals surface area contributed by atoms with Crippen LogP contribution in [0.2, 0.25) is 0 Å². The Kier molecular flexibility index (Phi) is 6.51. The third kappa shape index (κ3) is 4.86. The third-order valence-electron chi connectivity index (χ3n) is 4.66. The molecule has 30 heavy (non-hydrogen) atoms. The molecule has 5 heteroatoms. The van der Waals surface area contributed by atoms with E-state index in [0.29, 0.717) is 11.4 Å². The van der Waals surface area contributed by atoms with Crippen LogP contribution in [0, 0.1) is 11.3 Å². The summed E-state index contributed by atoms with van der Waals surface area (Å²) in [7, 11) is 0. The van der Waals surface area contributed by atoms with E-state index in [1.54, 1.807) is 23.2 Å². The van der Waals surface area contributed by atoms with Gasteiger partial charge in [-0.3, -0.25) is 4.79 Å². The highest BCUT2D eigenvalue weighted by atomic mass is 16.1. The first-order valence-electron chi connectivity index (χ1n) is 9.71. The molecule has 1 amide bonds. The molecule has 0 saturated heterocycles. The summed E-state index contributed by atoms with van der Waals surface area (Å²) in [4.78, 5) is 14.7. The second kappa shape index (κ2) is 9.44. The molecule has 3 N–H and O–H groups in total. The van der Waals surface area contributed by atoms with Crippen molar-refractivity contribution in [1.82, 2.24) is 0 Å². The molecule has 150 valence electrons. The van der Waals surface area contributed by atoms with E-state index in [1.807, 2.05) is 72.8 Å². The van der Waals surface area contributed by atoms with E-state index in [1.165, 1.54) is 0 Å². The van der Waals surface area contributed by atoms with Gasteiger partial charge < -0.3 is 16.0 Å². The van der Waals surface area contributed by atoms with E-state index < -0.39 is 5.91 Å². The number of nitrogens with zero attached hydrogens (tertiary/aromatic N) is 2. The number of hydrogen-bond donors (Lipinski definition) is 2. The van der Waals surface area contributed by atoms with Crippen molar-refractivity contribution >= 4 is 28.7 Å². The molecule has 0 aliphatic rings. The maximum absolute atomic E-state index is 12.9. The normalized spacial score (nSPS) is 11.1. The number of benzene rings is 3. The van der Waals surface area contributed by atoms with Crippen LogP contribution in [0.5, 0.6) is 0 Å². The fraction of sp³-hybridized carbons (Fsp3) is 0.120. The maximum Gasteiger partial charge on any atom is 0.267 e. The topological polar surface area (TPSA) is 82.2 Å². The van der Waals surface area contributed by atoms with Crippen LogP contribution in [0.4, 0.5) is 22.7 Å². The molecule has 0 bridgehead atoms. The Hall–Kier alpha value is -4.04. The van der Waals surface area contributed by atoms with Crippen LogP contribution in [0.25, 0.3) is 0 Å². The Labute approximate surface area is 177 Å². The fourth-order valence-electron chi connectivity index (χ4n) is 3.09. The van der Waals surface area contributed by atoms with Crippen LogP contribution in [-0.2, 0) is 4.79 Å². The molecule has 0 heterocycles. The SMILES string of the molecule is CC(C)c1ccccc1NC(=O)/C(C#N)=C\N(c1ccccc1)c1ccc(N)cc1. The summed E-state index contributed by atoms with van der Waals surface area (Å²) in [6.45, 7) is 4.12. The van der Waals surface area contributed by atoms with Gasteiger partial charge in [0.1, 0.15) is 11.6 Å². The van der Waals surface area contributed by atoms with Gasteiger partial charge in [0.2, 0.25) is 0 Å². The monoisotopic (exact) mass is 396 g/mol. The summed E-state index contributed by atoms with van der Waals surface area (Å²) in [5, 5.41) is 12.6. The Bertz CT molecular complexity index is 1080. The fourth-order valence-corrected chi connectivity index (χ4v) is 3.09. The molecule has 5 nitrogen and oxygen atoms in total. The number of para-hydroxylation sites is 2. The van der Waals surface area contributed by atoms with E-state index >= 15 is 0 Å². The highest BCUT2D eigenvalue weighted by Gasteiger charge is 2.16. The van der Waals surface area contributed by atoms with Crippen molar-refractivity contribution in [2.75, 3.05) is 16.0 Å². The molecular formula is C25H24N4O. The number of carbonyl (C=O) groups excluding carboxylic acids is 1. The van der Waals surface area contributed by atoms with Crippen molar-refractivity contribution in [3.05, 3.63) is 96.2 Å². The number of rotatable bonds is 6. The van der Waals surface area contributed by atoms with Crippen LogP contribution in [0.15, 0.2) is 90.6 Å². The summed E-state index contributed by atoms with van der Waals surface area (Å²) in [5.74, 6) is -0.214. The van der Waals surface area contributed by atoms with E-state index in [9.17, 15) is 10.1 Å². The average Bonchev–Trinajstić information content (AvgIpc) is 2.76. The van der Waals surface area contributed by atoms with E-state index in [0.717, 1.165) is 16.9 Å². The molecule has 3 aromatic carbocycles. The second-order valence-electron chi connectivity index (χ2n) is 7.15. The minimum absolute atomic E-state index is 0.00534.